The Morgan fingerprint density at radius 3 is 2.80 bits per heavy atom. The van der Waals surface area contributed by atoms with Gasteiger partial charge in [0.1, 0.15) is 0 Å². The van der Waals surface area contributed by atoms with Crippen LogP contribution in [0.5, 0.6) is 0 Å². The van der Waals surface area contributed by atoms with Gasteiger partial charge in [0.2, 0.25) is 0 Å². The third-order valence-corrected chi connectivity index (χ3v) is 2.61. The molecule has 102 valence electrons. The van der Waals surface area contributed by atoms with Gasteiger partial charge in [-0.05, 0) is 24.3 Å². The molecule has 0 unspecified atom stereocenters. The zero-order valence-electron chi connectivity index (χ0n) is 10.9. The van der Waals surface area contributed by atoms with Crippen LogP contribution in [-0.2, 0) is 6.54 Å². The zero-order valence-corrected chi connectivity index (χ0v) is 10.9. The van der Waals surface area contributed by atoms with Gasteiger partial charge in [0.15, 0.2) is 0 Å². The fourth-order valence-electron chi connectivity index (χ4n) is 1.58. The number of aliphatic hydroxyl groups excluding tert-OH is 1. The minimum Gasteiger partial charge on any atom is -0.395 e. The van der Waals surface area contributed by atoms with E-state index in [-0.39, 0.29) is 12.5 Å². The number of aromatic amines is 1. The van der Waals surface area contributed by atoms with Crippen LogP contribution >= 0.6 is 0 Å². The van der Waals surface area contributed by atoms with Crippen molar-refractivity contribution >= 4 is 5.91 Å². The van der Waals surface area contributed by atoms with Gasteiger partial charge in [0.25, 0.3) is 5.91 Å². The lowest BCUT2D eigenvalue weighted by Gasteiger charge is -2.03. The molecule has 0 spiro atoms. The lowest BCUT2D eigenvalue weighted by molar-refractivity contribution is 0.0950. The molecule has 1 heterocycles. The second-order valence-electron chi connectivity index (χ2n) is 4.11. The number of H-pyrrole nitrogens is 1. The molecule has 0 saturated heterocycles. The van der Waals surface area contributed by atoms with E-state index in [2.05, 4.69) is 27.1 Å². The first kappa shape index (κ1) is 13.8. The minimum atomic E-state index is -0.144. The zero-order chi connectivity index (χ0) is 14.2. The molecule has 0 fully saturated rings. The first-order chi connectivity index (χ1) is 9.79. The van der Waals surface area contributed by atoms with Crippen LogP contribution in [0.2, 0.25) is 0 Å². The van der Waals surface area contributed by atoms with Gasteiger partial charge in [0.05, 0.1) is 25.2 Å². The molecule has 0 radical (unpaired) electrons. The van der Waals surface area contributed by atoms with E-state index in [1.165, 1.54) is 0 Å². The highest BCUT2D eigenvalue weighted by molar-refractivity contribution is 5.94. The Morgan fingerprint density at radius 1 is 1.35 bits per heavy atom. The molecule has 2 aromatic rings. The summed E-state index contributed by atoms with van der Waals surface area (Å²) >= 11 is 0. The van der Waals surface area contributed by atoms with Gasteiger partial charge in [-0.25, -0.2) is 4.98 Å². The number of hydrogen-bond donors (Lipinski definition) is 3. The summed E-state index contributed by atoms with van der Waals surface area (Å²) in [5, 5.41) is 11.4. The maximum absolute atomic E-state index is 11.9. The molecule has 5 nitrogen and oxygen atoms in total. The molecule has 5 heteroatoms. The van der Waals surface area contributed by atoms with Crippen LogP contribution in [-0.4, -0.2) is 27.6 Å². The predicted octanol–water partition coefficient (Wildman–Crippen LogP) is 1.07. The van der Waals surface area contributed by atoms with Crippen molar-refractivity contribution in [2.24, 2.45) is 0 Å². The Labute approximate surface area is 117 Å². The number of carbonyl (C=O) groups excluding carboxylic acids is 1. The van der Waals surface area contributed by atoms with Crippen LogP contribution in [0.3, 0.4) is 0 Å². The van der Waals surface area contributed by atoms with Crippen molar-refractivity contribution in [1.82, 2.24) is 15.3 Å². The lowest BCUT2D eigenvalue weighted by Crippen LogP contribution is -2.22. The minimum absolute atomic E-state index is 0.0566. The van der Waals surface area contributed by atoms with Crippen LogP contribution in [0.25, 0.3) is 0 Å². The quantitative estimate of drug-likeness (QED) is 0.727. The number of benzene rings is 1. The first-order valence-electron chi connectivity index (χ1n) is 6.25. The Kier molecular flexibility index (Phi) is 4.93. The molecular formula is C15H15N3O2. The summed E-state index contributed by atoms with van der Waals surface area (Å²) in [7, 11) is 0. The lowest BCUT2D eigenvalue weighted by atomic mass is 10.1. The molecular weight excluding hydrogens is 254 g/mol. The number of nitrogens with one attached hydrogen (secondary N) is 2. The first-order valence-corrected chi connectivity index (χ1v) is 6.25. The Hall–Kier alpha value is -2.58. The average molecular weight is 269 g/mol. The largest absolute Gasteiger partial charge is 0.395 e. The van der Waals surface area contributed by atoms with Crippen LogP contribution in [0.1, 0.15) is 28.0 Å². The van der Waals surface area contributed by atoms with Gasteiger partial charge >= 0.3 is 0 Å². The van der Waals surface area contributed by atoms with Crippen LogP contribution in [0.15, 0.2) is 36.8 Å². The SMILES string of the molecule is O=C(NCc1cnc[nH]1)c1ccc(C#CCCO)cc1. The summed E-state index contributed by atoms with van der Waals surface area (Å²) in [6.07, 6.45) is 3.69. The molecule has 20 heavy (non-hydrogen) atoms. The van der Waals surface area contributed by atoms with Gasteiger partial charge in [-0.15, -0.1) is 0 Å². The Morgan fingerprint density at radius 2 is 2.15 bits per heavy atom. The van der Waals surface area contributed by atoms with Crippen molar-refractivity contribution in [3.8, 4) is 11.8 Å². The molecule has 0 aliphatic rings. The molecule has 0 saturated carbocycles. The third-order valence-electron chi connectivity index (χ3n) is 2.61. The monoisotopic (exact) mass is 269 g/mol. The molecule has 0 aliphatic carbocycles. The number of amides is 1. The summed E-state index contributed by atoms with van der Waals surface area (Å²) in [6.45, 7) is 0.470. The smallest absolute Gasteiger partial charge is 0.251 e. The number of rotatable bonds is 4. The van der Waals surface area contributed by atoms with E-state index < -0.39 is 0 Å². The topological polar surface area (TPSA) is 78.0 Å². The number of nitrogens with zero attached hydrogens (tertiary/aromatic N) is 1. The standard InChI is InChI=1S/C15H15N3O2/c19-8-2-1-3-12-4-6-13(7-5-12)15(20)17-10-14-9-16-11-18-14/h4-7,9,11,19H,2,8,10H2,(H,16,18)(H,17,20). The van der Waals surface area contributed by atoms with Crippen LogP contribution in [0, 0.1) is 11.8 Å². The molecule has 0 aliphatic heterocycles. The van der Waals surface area contributed by atoms with Gasteiger partial charge < -0.3 is 15.4 Å². The van der Waals surface area contributed by atoms with Crippen LogP contribution < -0.4 is 5.32 Å². The van der Waals surface area contributed by atoms with E-state index in [0.717, 1.165) is 11.3 Å². The predicted molar refractivity (Wildman–Crippen MR) is 74.8 cm³/mol. The Bertz CT molecular complexity index is 607. The third kappa shape index (κ3) is 3.97. The van der Waals surface area contributed by atoms with Crippen molar-refractivity contribution < 1.29 is 9.90 Å². The van der Waals surface area contributed by atoms with Gasteiger partial charge in [-0.1, -0.05) is 11.8 Å². The summed E-state index contributed by atoms with van der Waals surface area (Å²) in [5.74, 6) is 5.60. The fourth-order valence-corrected chi connectivity index (χ4v) is 1.58. The van der Waals surface area contributed by atoms with E-state index in [4.69, 9.17) is 5.11 Å². The molecule has 3 N–H and O–H groups in total. The molecule has 0 bridgehead atoms. The number of aromatic nitrogens is 2. The second-order valence-corrected chi connectivity index (χ2v) is 4.11. The molecule has 1 amide bonds. The maximum atomic E-state index is 11.9. The summed E-state index contributed by atoms with van der Waals surface area (Å²) in [5.41, 5.74) is 2.26. The Balaban J connectivity index is 1.92. The van der Waals surface area contributed by atoms with Crippen molar-refractivity contribution in [1.29, 1.82) is 0 Å². The number of hydrogen-bond acceptors (Lipinski definition) is 3. The number of aliphatic hydroxyl groups is 1. The summed E-state index contributed by atoms with van der Waals surface area (Å²) in [4.78, 5) is 18.7. The van der Waals surface area contributed by atoms with Crippen molar-refractivity contribution in [2.45, 2.75) is 13.0 Å². The normalized spacial score (nSPS) is 9.65. The average Bonchev–Trinajstić information content (AvgIpc) is 2.99. The second kappa shape index (κ2) is 7.12. The van der Waals surface area contributed by atoms with Crippen molar-refractivity contribution in [3.05, 3.63) is 53.6 Å². The summed E-state index contributed by atoms with van der Waals surface area (Å²) < 4.78 is 0. The van der Waals surface area contributed by atoms with E-state index in [0.29, 0.717) is 18.5 Å². The van der Waals surface area contributed by atoms with E-state index in [9.17, 15) is 4.79 Å². The number of imidazole rings is 1. The molecule has 1 aromatic heterocycles. The fraction of sp³-hybridized carbons (Fsp3) is 0.200. The maximum Gasteiger partial charge on any atom is 0.251 e. The van der Waals surface area contributed by atoms with Crippen molar-refractivity contribution in [2.75, 3.05) is 6.61 Å². The van der Waals surface area contributed by atoms with Crippen molar-refractivity contribution in [3.63, 3.8) is 0 Å². The highest BCUT2D eigenvalue weighted by atomic mass is 16.2. The van der Waals surface area contributed by atoms with E-state index in [1.54, 1.807) is 36.8 Å². The van der Waals surface area contributed by atoms with Gasteiger partial charge in [0, 0.05) is 23.7 Å². The van der Waals surface area contributed by atoms with Crippen LogP contribution in [0.4, 0.5) is 0 Å². The van der Waals surface area contributed by atoms with E-state index in [1.807, 2.05) is 0 Å². The van der Waals surface area contributed by atoms with E-state index >= 15 is 0 Å². The highest BCUT2D eigenvalue weighted by Gasteiger charge is 2.04. The molecule has 0 atom stereocenters. The molecule has 2 rings (SSSR count). The summed E-state index contributed by atoms with van der Waals surface area (Å²) in [6, 6.07) is 7.03. The highest BCUT2D eigenvalue weighted by Crippen LogP contribution is 2.04. The number of carbonyl (C=O) groups is 1. The molecule has 1 aromatic carbocycles. The van der Waals surface area contributed by atoms with Gasteiger partial charge in [-0.2, -0.15) is 0 Å². The van der Waals surface area contributed by atoms with Gasteiger partial charge in [-0.3, -0.25) is 4.79 Å².